The van der Waals surface area contributed by atoms with Gasteiger partial charge in [-0.2, -0.15) is 0 Å². The van der Waals surface area contributed by atoms with Gasteiger partial charge in [-0.25, -0.2) is 20.2 Å². The van der Waals surface area contributed by atoms with Crippen molar-refractivity contribution in [2.75, 3.05) is 5.43 Å². The van der Waals surface area contributed by atoms with E-state index < -0.39 is 0 Å². The Morgan fingerprint density at radius 1 is 1.47 bits per heavy atom. The highest BCUT2D eigenvalue weighted by Gasteiger charge is 2.19. The first-order valence-electron chi connectivity index (χ1n) is 4.95. The third-order valence-electron chi connectivity index (χ3n) is 2.42. The number of nitrogens with one attached hydrogen (secondary N) is 1. The number of thioether (sulfide) groups is 1. The summed E-state index contributed by atoms with van der Waals surface area (Å²) in [5, 5.41) is 0.880. The monoisotopic (exact) mass is 228 g/mol. The largest absolute Gasteiger partial charge is 0.292 e. The number of hydrogen-bond acceptors (Lipinski definition) is 5. The van der Waals surface area contributed by atoms with Crippen LogP contribution in [-0.4, -0.2) is 15.2 Å². The fraction of sp³-hybridized carbons (Fsp3) is 0.556. The average Bonchev–Trinajstić information content (AvgIpc) is 2.74. The van der Waals surface area contributed by atoms with E-state index in [0.29, 0.717) is 10.3 Å². The Hall–Kier alpha value is -0.880. The second-order valence-corrected chi connectivity index (χ2v) is 4.80. The maximum Gasteiger partial charge on any atom is 0.238 e. The second-order valence-electron chi connectivity index (χ2n) is 3.52. The van der Waals surface area contributed by atoms with Crippen molar-refractivity contribution in [1.82, 2.24) is 9.97 Å². The van der Waals surface area contributed by atoms with Crippen LogP contribution in [0.2, 0.25) is 0 Å². The number of nitrogen functional groups attached to an aromatic ring is 1. The summed E-state index contributed by atoms with van der Waals surface area (Å²) in [6.07, 6.45) is 5.89. The van der Waals surface area contributed by atoms with E-state index >= 15 is 0 Å². The Morgan fingerprint density at radius 2 is 2.20 bits per heavy atom. The molecule has 0 aromatic carbocycles. The van der Waals surface area contributed by atoms with E-state index in [-0.39, 0.29) is 11.8 Å². The number of anilines is 1. The van der Waals surface area contributed by atoms with Gasteiger partial charge in [0.2, 0.25) is 5.95 Å². The van der Waals surface area contributed by atoms with Gasteiger partial charge in [-0.15, -0.1) is 0 Å². The molecule has 1 aliphatic rings. The van der Waals surface area contributed by atoms with Gasteiger partial charge in [0.05, 0.1) is 6.20 Å². The van der Waals surface area contributed by atoms with Gasteiger partial charge in [0.15, 0.2) is 5.82 Å². The van der Waals surface area contributed by atoms with Crippen molar-refractivity contribution >= 4 is 17.7 Å². The molecular weight excluding hydrogens is 215 g/mol. The molecule has 1 aromatic heterocycles. The fourth-order valence-corrected chi connectivity index (χ4v) is 2.86. The van der Waals surface area contributed by atoms with Crippen molar-refractivity contribution in [2.24, 2.45) is 5.84 Å². The zero-order valence-corrected chi connectivity index (χ0v) is 9.06. The van der Waals surface area contributed by atoms with Crippen molar-refractivity contribution in [1.29, 1.82) is 0 Å². The van der Waals surface area contributed by atoms with Gasteiger partial charge in [0, 0.05) is 5.25 Å². The lowest BCUT2D eigenvalue weighted by Gasteiger charge is -2.08. The van der Waals surface area contributed by atoms with E-state index in [9.17, 15) is 4.39 Å². The average molecular weight is 228 g/mol. The van der Waals surface area contributed by atoms with Gasteiger partial charge in [-0.1, -0.05) is 24.6 Å². The summed E-state index contributed by atoms with van der Waals surface area (Å²) >= 11 is 1.49. The van der Waals surface area contributed by atoms with Gasteiger partial charge in [0.1, 0.15) is 5.03 Å². The molecule has 1 heterocycles. The van der Waals surface area contributed by atoms with Crippen LogP contribution in [0.25, 0.3) is 0 Å². The smallest absolute Gasteiger partial charge is 0.238 e. The Morgan fingerprint density at radius 3 is 2.87 bits per heavy atom. The molecule has 1 aromatic rings. The third-order valence-corrected chi connectivity index (χ3v) is 3.74. The van der Waals surface area contributed by atoms with E-state index in [4.69, 9.17) is 5.84 Å². The van der Waals surface area contributed by atoms with Crippen LogP contribution in [-0.2, 0) is 0 Å². The number of hydrogen-bond donors (Lipinski definition) is 2. The molecule has 0 unspecified atom stereocenters. The quantitative estimate of drug-likeness (QED) is 0.470. The molecule has 1 fully saturated rings. The minimum Gasteiger partial charge on any atom is -0.292 e. The molecule has 0 radical (unpaired) electrons. The number of rotatable bonds is 3. The van der Waals surface area contributed by atoms with E-state index in [2.05, 4.69) is 15.4 Å². The minimum atomic E-state index is -0.370. The highest BCUT2D eigenvalue weighted by Crippen LogP contribution is 2.34. The summed E-state index contributed by atoms with van der Waals surface area (Å²) in [6, 6.07) is 0. The van der Waals surface area contributed by atoms with Crippen molar-refractivity contribution in [3.8, 4) is 0 Å². The predicted molar refractivity (Wildman–Crippen MR) is 57.9 cm³/mol. The molecule has 2 rings (SSSR count). The third kappa shape index (κ3) is 2.57. The van der Waals surface area contributed by atoms with Crippen LogP contribution >= 0.6 is 11.8 Å². The fourth-order valence-electron chi connectivity index (χ4n) is 1.67. The van der Waals surface area contributed by atoms with E-state index in [1.807, 2.05) is 0 Å². The molecule has 0 spiro atoms. The molecule has 1 aliphatic carbocycles. The highest BCUT2D eigenvalue weighted by atomic mass is 32.2. The van der Waals surface area contributed by atoms with Gasteiger partial charge in [-0.3, -0.25) is 5.43 Å². The molecule has 0 aliphatic heterocycles. The molecule has 0 amide bonds. The van der Waals surface area contributed by atoms with Crippen LogP contribution in [0, 0.1) is 5.82 Å². The Bertz CT molecular complexity index is 341. The Kier molecular flexibility index (Phi) is 3.37. The minimum absolute atomic E-state index is 0.261. The molecule has 3 N–H and O–H groups in total. The summed E-state index contributed by atoms with van der Waals surface area (Å²) in [6.45, 7) is 0. The van der Waals surface area contributed by atoms with E-state index in [1.54, 1.807) is 0 Å². The molecular formula is C9H13FN4S. The van der Waals surface area contributed by atoms with Crippen LogP contribution in [0.15, 0.2) is 11.2 Å². The summed E-state index contributed by atoms with van der Waals surface area (Å²) in [5.74, 6) is 5.06. The molecule has 4 nitrogen and oxygen atoms in total. The molecule has 0 saturated heterocycles. The van der Waals surface area contributed by atoms with E-state index in [1.165, 1.54) is 24.6 Å². The number of hydrazine groups is 1. The van der Waals surface area contributed by atoms with Gasteiger partial charge < -0.3 is 0 Å². The second kappa shape index (κ2) is 4.76. The number of nitrogens with zero attached hydrogens (tertiary/aromatic N) is 2. The molecule has 82 valence electrons. The first-order chi connectivity index (χ1) is 7.29. The first-order valence-corrected chi connectivity index (χ1v) is 5.83. The maximum absolute atomic E-state index is 13.3. The van der Waals surface area contributed by atoms with Crippen LogP contribution in [0.3, 0.4) is 0 Å². The molecule has 6 heteroatoms. The number of halogens is 1. The Labute approximate surface area is 91.8 Å². The van der Waals surface area contributed by atoms with E-state index in [0.717, 1.165) is 19.0 Å². The molecule has 1 saturated carbocycles. The number of aromatic nitrogens is 2. The first kappa shape index (κ1) is 10.6. The standard InChI is InChI=1S/C9H13FN4S/c10-7-5-12-9(14-11)13-8(7)15-6-3-1-2-4-6/h5-6H,1-4,11H2,(H,12,13,14). The normalized spacial score (nSPS) is 16.9. The Balaban J connectivity index is 2.11. The van der Waals surface area contributed by atoms with Gasteiger partial charge in [-0.05, 0) is 12.8 Å². The molecule has 15 heavy (non-hydrogen) atoms. The van der Waals surface area contributed by atoms with Gasteiger partial charge >= 0.3 is 0 Å². The van der Waals surface area contributed by atoms with Crippen molar-refractivity contribution in [3.63, 3.8) is 0 Å². The zero-order chi connectivity index (χ0) is 10.7. The summed E-state index contributed by atoms with van der Waals surface area (Å²) < 4.78 is 13.3. The van der Waals surface area contributed by atoms with Gasteiger partial charge in [0.25, 0.3) is 0 Å². The SMILES string of the molecule is NNc1ncc(F)c(SC2CCCC2)n1. The summed E-state index contributed by atoms with van der Waals surface area (Å²) in [4.78, 5) is 7.69. The van der Waals surface area contributed by atoms with Crippen molar-refractivity contribution in [2.45, 2.75) is 36.0 Å². The topological polar surface area (TPSA) is 63.8 Å². The van der Waals surface area contributed by atoms with Crippen LogP contribution in [0.5, 0.6) is 0 Å². The lowest BCUT2D eigenvalue weighted by atomic mass is 10.4. The van der Waals surface area contributed by atoms with Crippen molar-refractivity contribution in [3.05, 3.63) is 12.0 Å². The number of nitrogens with two attached hydrogens (primary N) is 1. The van der Waals surface area contributed by atoms with Crippen LogP contribution in [0.1, 0.15) is 25.7 Å². The highest BCUT2D eigenvalue weighted by molar-refractivity contribution is 7.99. The lowest BCUT2D eigenvalue weighted by molar-refractivity contribution is 0.579. The summed E-state index contributed by atoms with van der Waals surface area (Å²) in [7, 11) is 0. The molecule has 0 atom stereocenters. The maximum atomic E-state index is 13.3. The predicted octanol–water partition coefficient (Wildman–Crippen LogP) is 1.94. The zero-order valence-electron chi connectivity index (χ0n) is 8.24. The van der Waals surface area contributed by atoms with Crippen molar-refractivity contribution < 1.29 is 4.39 Å². The van der Waals surface area contributed by atoms with Crippen LogP contribution in [0.4, 0.5) is 10.3 Å². The van der Waals surface area contributed by atoms with Crippen LogP contribution < -0.4 is 11.3 Å². The lowest BCUT2D eigenvalue weighted by Crippen LogP contribution is -2.11. The molecule has 0 bridgehead atoms. The summed E-state index contributed by atoms with van der Waals surface area (Å²) in [5.41, 5.74) is 2.32.